The Kier molecular flexibility index (Phi) is 5.70. The summed E-state index contributed by atoms with van der Waals surface area (Å²) in [7, 11) is 0. The van der Waals surface area contributed by atoms with E-state index in [2.05, 4.69) is 152 Å². The summed E-state index contributed by atoms with van der Waals surface area (Å²) in [6.45, 7) is 0. The van der Waals surface area contributed by atoms with E-state index >= 15 is 0 Å². The van der Waals surface area contributed by atoms with E-state index in [4.69, 9.17) is 8.83 Å². The van der Waals surface area contributed by atoms with Crippen LogP contribution in [0.1, 0.15) is 0 Å². The second kappa shape index (κ2) is 10.4. The zero-order valence-electron chi connectivity index (χ0n) is 27.0. The predicted octanol–water partition coefficient (Wildman–Crippen LogP) is 13.9. The van der Waals surface area contributed by atoms with Crippen molar-refractivity contribution in [2.24, 2.45) is 0 Å². The van der Waals surface area contributed by atoms with Crippen LogP contribution in [0.4, 0.5) is 0 Å². The Morgan fingerprint density at radius 2 is 0.780 bits per heavy atom. The Hall–Kier alpha value is -6.64. The van der Waals surface area contributed by atoms with Crippen molar-refractivity contribution in [1.29, 1.82) is 0 Å². The highest BCUT2D eigenvalue weighted by atomic mass is 16.3. The SMILES string of the molecule is c1cc(-c2ccc3c(c2)oc2cc4oc5ccccc5c4cc23)cc(-c2c3ccccc3c(-c3cccc4ccccc34)c3ccccc23)c1. The maximum absolute atomic E-state index is 6.47. The van der Waals surface area contributed by atoms with E-state index in [-0.39, 0.29) is 0 Å². The van der Waals surface area contributed by atoms with Gasteiger partial charge in [-0.25, -0.2) is 0 Å². The lowest BCUT2D eigenvalue weighted by Gasteiger charge is -2.19. The first-order chi connectivity index (χ1) is 24.8. The van der Waals surface area contributed by atoms with E-state index in [1.165, 1.54) is 54.6 Å². The van der Waals surface area contributed by atoms with E-state index in [9.17, 15) is 0 Å². The molecule has 50 heavy (non-hydrogen) atoms. The zero-order valence-corrected chi connectivity index (χ0v) is 27.0. The maximum Gasteiger partial charge on any atom is 0.139 e. The molecular weight excluding hydrogens is 609 g/mol. The minimum Gasteiger partial charge on any atom is -0.456 e. The number of furan rings is 2. The summed E-state index contributed by atoms with van der Waals surface area (Å²) in [5, 5.41) is 12.0. The van der Waals surface area contributed by atoms with E-state index < -0.39 is 0 Å². The summed E-state index contributed by atoms with van der Waals surface area (Å²) in [5.74, 6) is 0. The number of hydrogen-bond donors (Lipinski definition) is 0. The first kappa shape index (κ1) is 27.3. The van der Waals surface area contributed by atoms with Gasteiger partial charge >= 0.3 is 0 Å². The molecule has 0 fully saturated rings. The lowest BCUT2D eigenvalue weighted by atomic mass is 9.84. The quantitative estimate of drug-likeness (QED) is 0.180. The standard InChI is InChI=1S/C48H28O2/c1-2-15-33-29(11-1)12-10-21-36(33)48-39-19-5-3-17-37(39)47(38-18-4-6-20-40(38)48)32-14-9-13-30(25-32)31-23-24-35-42-27-41-34-16-7-8-22-43(34)49-45(41)28-46(42)50-44(35)26-31/h1-28H. The summed E-state index contributed by atoms with van der Waals surface area (Å²) < 4.78 is 12.6. The van der Waals surface area contributed by atoms with Gasteiger partial charge in [0.1, 0.15) is 22.3 Å². The number of rotatable bonds is 3. The van der Waals surface area contributed by atoms with Gasteiger partial charge in [0, 0.05) is 27.6 Å². The predicted molar refractivity (Wildman–Crippen MR) is 210 cm³/mol. The normalized spacial score (nSPS) is 12.0. The van der Waals surface area contributed by atoms with Crippen molar-refractivity contribution in [1.82, 2.24) is 0 Å². The second-order valence-electron chi connectivity index (χ2n) is 13.2. The van der Waals surface area contributed by atoms with Crippen molar-refractivity contribution in [3.05, 3.63) is 170 Å². The molecule has 2 heteroatoms. The zero-order chi connectivity index (χ0) is 32.8. The number of fused-ring (bicyclic) bond motifs is 9. The third-order valence-electron chi connectivity index (χ3n) is 10.4. The van der Waals surface area contributed by atoms with Crippen molar-refractivity contribution in [3.8, 4) is 33.4 Å². The molecule has 0 aliphatic rings. The van der Waals surface area contributed by atoms with Gasteiger partial charge < -0.3 is 8.83 Å². The van der Waals surface area contributed by atoms with Crippen LogP contribution in [-0.2, 0) is 0 Å². The summed E-state index contributed by atoms with van der Waals surface area (Å²) >= 11 is 0. The van der Waals surface area contributed by atoms with E-state index in [1.54, 1.807) is 0 Å². The van der Waals surface area contributed by atoms with Crippen LogP contribution < -0.4 is 0 Å². The third-order valence-corrected chi connectivity index (χ3v) is 10.4. The molecule has 0 unspecified atom stereocenters. The molecule has 0 bridgehead atoms. The minimum atomic E-state index is 0.835. The van der Waals surface area contributed by atoms with Gasteiger partial charge in [0.2, 0.25) is 0 Å². The average molecular weight is 637 g/mol. The minimum absolute atomic E-state index is 0.835. The monoisotopic (exact) mass is 636 g/mol. The van der Waals surface area contributed by atoms with Crippen molar-refractivity contribution < 1.29 is 8.83 Å². The topological polar surface area (TPSA) is 26.3 Å². The van der Waals surface area contributed by atoms with Gasteiger partial charge in [0.25, 0.3) is 0 Å². The van der Waals surface area contributed by atoms with Crippen molar-refractivity contribution in [2.45, 2.75) is 0 Å². The molecule has 0 aliphatic heterocycles. The summed E-state index contributed by atoms with van der Waals surface area (Å²) in [6, 6.07) is 61.1. The van der Waals surface area contributed by atoms with Crippen LogP contribution in [0.15, 0.2) is 179 Å². The average Bonchev–Trinajstić information content (AvgIpc) is 3.72. The Morgan fingerprint density at radius 1 is 0.260 bits per heavy atom. The van der Waals surface area contributed by atoms with E-state index in [1.807, 2.05) is 18.2 Å². The summed E-state index contributed by atoms with van der Waals surface area (Å²) in [5.41, 5.74) is 10.7. The van der Waals surface area contributed by atoms with Gasteiger partial charge in [-0.3, -0.25) is 0 Å². The van der Waals surface area contributed by atoms with Crippen LogP contribution in [0.5, 0.6) is 0 Å². The van der Waals surface area contributed by atoms with Crippen LogP contribution in [0.25, 0.3) is 110 Å². The Labute approximate surface area is 287 Å². The van der Waals surface area contributed by atoms with Crippen LogP contribution in [0, 0.1) is 0 Å². The molecule has 2 aromatic heterocycles. The molecule has 232 valence electrons. The highest BCUT2D eigenvalue weighted by Gasteiger charge is 2.19. The van der Waals surface area contributed by atoms with Gasteiger partial charge in [-0.05, 0) is 96.0 Å². The van der Waals surface area contributed by atoms with Gasteiger partial charge in [0.15, 0.2) is 0 Å². The molecular formula is C48H28O2. The Balaban J connectivity index is 1.10. The molecule has 0 atom stereocenters. The molecule has 2 heterocycles. The molecule has 11 aromatic rings. The van der Waals surface area contributed by atoms with Crippen molar-refractivity contribution in [3.63, 3.8) is 0 Å². The van der Waals surface area contributed by atoms with Gasteiger partial charge in [0.05, 0.1) is 0 Å². The van der Waals surface area contributed by atoms with Crippen LogP contribution in [-0.4, -0.2) is 0 Å². The van der Waals surface area contributed by atoms with E-state index in [0.29, 0.717) is 0 Å². The van der Waals surface area contributed by atoms with Crippen molar-refractivity contribution in [2.75, 3.05) is 0 Å². The van der Waals surface area contributed by atoms with Crippen molar-refractivity contribution >= 4 is 76.2 Å². The van der Waals surface area contributed by atoms with E-state index in [0.717, 1.165) is 55.0 Å². The molecule has 0 amide bonds. The number of para-hydroxylation sites is 1. The maximum atomic E-state index is 6.47. The molecule has 0 saturated heterocycles. The fourth-order valence-corrected chi connectivity index (χ4v) is 8.20. The van der Waals surface area contributed by atoms with Crippen LogP contribution >= 0.6 is 0 Å². The summed E-state index contributed by atoms with van der Waals surface area (Å²) in [6.07, 6.45) is 0. The highest BCUT2D eigenvalue weighted by molar-refractivity contribution is 6.23. The molecule has 0 saturated carbocycles. The Morgan fingerprint density at radius 3 is 1.54 bits per heavy atom. The van der Waals surface area contributed by atoms with Gasteiger partial charge in [-0.15, -0.1) is 0 Å². The van der Waals surface area contributed by atoms with Gasteiger partial charge in [-0.2, -0.15) is 0 Å². The second-order valence-corrected chi connectivity index (χ2v) is 13.2. The Bertz CT molecular complexity index is 3090. The molecule has 9 aromatic carbocycles. The lowest BCUT2D eigenvalue weighted by Crippen LogP contribution is -1.92. The lowest BCUT2D eigenvalue weighted by molar-refractivity contribution is 0.656. The molecule has 0 N–H and O–H groups in total. The molecule has 0 radical (unpaired) electrons. The molecule has 2 nitrogen and oxygen atoms in total. The third kappa shape index (κ3) is 3.96. The number of benzene rings is 9. The fourth-order valence-electron chi connectivity index (χ4n) is 8.20. The summed E-state index contributed by atoms with van der Waals surface area (Å²) in [4.78, 5) is 0. The fraction of sp³-hybridized carbons (Fsp3) is 0. The molecule has 0 aliphatic carbocycles. The van der Waals surface area contributed by atoms with Crippen LogP contribution in [0.2, 0.25) is 0 Å². The molecule has 0 spiro atoms. The molecule has 11 rings (SSSR count). The first-order valence-electron chi connectivity index (χ1n) is 17.1. The van der Waals surface area contributed by atoms with Gasteiger partial charge in [-0.1, -0.05) is 133 Å². The highest BCUT2D eigenvalue weighted by Crippen LogP contribution is 2.46. The number of hydrogen-bond acceptors (Lipinski definition) is 2. The first-order valence-corrected chi connectivity index (χ1v) is 17.1. The van der Waals surface area contributed by atoms with Crippen LogP contribution in [0.3, 0.4) is 0 Å². The largest absolute Gasteiger partial charge is 0.456 e. The smallest absolute Gasteiger partial charge is 0.139 e.